The Morgan fingerprint density at radius 2 is 1.34 bits per heavy atom. The number of esters is 1. The van der Waals surface area contributed by atoms with Gasteiger partial charge in [-0.2, -0.15) is 0 Å². The fraction of sp³-hybridized carbons (Fsp3) is 0.667. The van der Waals surface area contributed by atoms with Crippen molar-refractivity contribution in [2.24, 2.45) is 17.6 Å². The highest BCUT2D eigenvalue weighted by molar-refractivity contribution is 5.79. The van der Waals surface area contributed by atoms with Crippen LogP contribution in [0, 0.1) is 11.8 Å². The van der Waals surface area contributed by atoms with Gasteiger partial charge in [-0.3, -0.25) is 9.59 Å². The van der Waals surface area contributed by atoms with E-state index in [1.54, 1.807) is 41.5 Å². The van der Waals surface area contributed by atoms with Crippen molar-refractivity contribution in [3.63, 3.8) is 0 Å². The minimum Gasteiger partial charge on any atom is -0.480 e. The summed E-state index contributed by atoms with van der Waals surface area (Å²) in [5.74, 6) is -2.40. The van der Waals surface area contributed by atoms with Gasteiger partial charge in [0.2, 0.25) is 0 Å². The first-order valence-electron chi connectivity index (χ1n) is 13.9. The van der Waals surface area contributed by atoms with Gasteiger partial charge < -0.3 is 34.5 Å². The van der Waals surface area contributed by atoms with Gasteiger partial charge >= 0.3 is 24.2 Å². The molecule has 1 aromatic carbocycles. The molecule has 0 saturated carbocycles. The van der Waals surface area contributed by atoms with Crippen LogP contribution in [0.1, 0.15) is 94.1 Å². The van der Waals surface area contributed by atoms with Gasteiger partial charge in [-0.15, -0.1) is 0 Å². The molecule has 2 unspecified atom stereocenters. The number of carbonyl (C=O) groups excluding carboxylic acids is 3. The normalized spacial score (nSPS) is 14.8. The molecule has 11 heteroatoms. The van der Waals surface area contributed by atoms with Crippen LogP contribution >= 0.6 is 0 Å². The minimum absolute atomic E-state index is 0.0517. The fourth-order valence-corrected chi connectivity index (χ4v) is 3.38. The predicted molar refractivity (Wildman–Crippen MR) is 152 cm³/mol. The topological polar surface area (TPSA) is 161 Å². The molecular formula is C30H47NO10. The minimum atomic E-state index is -1.84. The molecule has 0 bridgehead atoms. The molecule has 0 aliphatic rings. The second-order valence-electron chi connectivity index (χ2n) is 12.0. The molecule has 0 spiro atoms. The van der Waals surface area contributed by atoms with E-state index < -0.39 is 47.1 Å². The van der Waals surface area contributed by atoms with E-state index in [1.165, 1.54) is 18.2 Å². The van der Waals surface area contributed by atoms with Crippen molar-refractivity contribution in [2.75, 3.05) is 0 Å². The standard InChI is InChI=1S/C30H47NO10/c1-11-28(7,8)40-26(35)38-22-14-13-21(15-23(22)39-27(36)41-29(9,10)12-2)17-30(31,25(33)34)16-19(5)37-24(32)20(6)18(3)4/h13-15,18-20H,11-12,16-17,31H2,1-10H3,(H,33,34)/t19-,20?,30?/m0/s1. The molecule has 0 aromatic heterocycles. The number of hydrogen-bond donors (Lipinski definition) is 2. The fourth-order valence-electron chi connectivity index (χ4n) is 3.38. The summed E-state index contributed by atoms with van der Waals surface area (Å²) in [6.45, 7) is 17.6. The van der Waals surface area contributed by atoms with Crippen molar-refractivity contribution < 1.29 is 48.0 Å². The summed E-state index contributed by atoms with van der Waals surface area (Å²) in [6.07, 6.45) is -2.20. The Kier molecular flexibility index (Phi) is 12.6. The van der Waals surface area contributed by atoms with Crippen LogP contribution in [0.25, 0.3) is 0 Å². The van der Waals surface area contributed by atoms with Crippen LogP contribution in [0.5, 0.6) is 11.5 Å². The van der Waals surface area contributed by atoms with Crippen molar-refractivity contribution >= 4 is 24.2 Å². The van der Waals surface area contributed by atoms with Gasteiger partial charge in [-0.1, -0.05) is 40.7 Å². The largest absolute Gasteiger partial charge is 0.514 e. The summed E-state index contributed by atoms with van der Waals surface area (Å²) in [4.78, 5) is 49.7. The van der Waals surface area contributed by atoms with Crippen molar-refractivity contribution in [3.05, 3.63) is 23.8 Å². The maximum atomic E-state index is 12.6. The van der Waals surface area contributed by atoms with Crippen LogP contribution in [0.3, 0.4) is 0 Å². The molecule has 0 aliphatic heterocycles. The van der Waals surface area contributed by atoms with Gasteiger partial charge in [-0.05, 0) is 71.1 Å². The van der Waals surface area contributed by atoms with Crippen molar-refractivity contribution in [2.45, 2.75) is 118 Å². The zero-order valence-electron chi connectivity index (χ0n) is 26.0. The van der Waals surface area contributed by atoms with Crippen LogP contribution in [0.2, 0.25) is 0 Å². The summed E-state index contributed by atoms with van der Waals surface area (Å²) < 4.78 is 26.9. The van der Waals surface area contributed by atoms with Crippen molar-refractivity contribution in [1.82, 2.24) is 0 Å². The molecule has 1 rings (SSSR count). The quantitative estimate of drug-likeness (QED) is 0.150. The van der Waals surface area contributed by atoms with Crippen LogP contribution in [0.4, 0.5) is 9.59 Å². The lowest BCUT2D eigenvalue weighted by molar-refractivity contribution is -0.157. The van der Waals surface area contributed by atoms with E-state index in [-0.39, 0.29) is 36.2 Å². The highest BCUT2D eigenvalue weighted by Crippen LogP contribution is 2.32. The molecule has 0 saturated heterocycles. The second-order valence-corrected chi connectivity index (χ2v) is 12.0. The van der Waals surface area contributed by atoms with Gasteiger partial charge in [0, 0.05) is 12.8 Å². The number of aliphatic carboxylic acids is 1. The lowest BCUT2D eigenvalue weighted by atomic mass is 9.86. The molecule has 0 amide bonds. The zero-order chi connectivity index (χ0) is 31.8. The number of rotatable bonds is 14. The Balaban J connectivity index is 3.29. The van der Waals surface area contributed by atoms with Crippen molar-refractivity contribution in [1.29, 1.82) is 0 Å². The molecular weight excluding hydrogens is 534 g/mol. The number of carbonyl (C=O) groups is 4. The SMILES string of the molecule is CCC(C)(C)OC(=O)Oc1ccc(CC(N)(C[C@H](C)OC(=O)C(C)C(C)C)C(=O)O)cc1OC(=O)OC(C)(C)CC. The third-order valence-electron chi connectivity index (χ3n) is 7.10. The van der Waals surface area contributed by atoms with Crippen LogP contribution in [0.15, 0.2) is 18.2 Å². The first kappa shape index (κ1) is 35.7. The first-order chi connectivity index (χ1) is 18.7. The molecule has 232 valence electrons. The Bertz CT molecular complexity index is 1080. The number of ether oxygens (including phenoxy) is 5. The van der Waals surface area contributed by atoms with Gasteiger partial charge in [0.1, 0.15) is 22.8 Å². The summed E-state index contributed by atoms with van der Waals surface area (Å²) in [7, 11) is 0. The smallest absolute Gasteiger partial charge is 0.480 e. The lowest BCUT2D eigenvalue weighted by Gasteiger charge is -2.29. The lowest BCUT2D eigenvalue weighted by Crippen LogP contribution is -2.52. The second kappa shape index (κ2) is 14.5. The third-order valence-corrected chi connectivity index (χ3v) is 7.10. The van der Waals surface area contributed by atoms with Gasteiger partial charge in [0.25, 0.3) is 0 Å². The number of carboxylic acid groups (broad SMARTS) is 1. The average Bonchev–Trinajstić information content (AvgIpc) is 2.83. The average molecular weight is 582 g/mol. The number of carboxylic acids is 1. The Labute approximate surface area is 243 Å². The number of nitrogens with two attached hydrogens (primary N) is 1. The van der Waals surface area contributed by atoms with Crippen LogP contribution in [-0.2, 0) is 30.2 Å². The first-order valence-corrected chi connectivity index (χ1v) is 13.9. The van der Waals surface area contributed by atoms with E-state index in [4.69, 9.17) is 29.4 Å². The van der Waals surface area contributed by atoms with Crippen LogP contribution in [-0.4, -0.2) is 52.2 Å². The van der Waals surface area contributed by atoms with Crippen LogP contribution < -0.4 is 15.2 Å². The molecule has 3 atom stereocenters. The van der Waals surface area contributed by atoms with Gasteiger partial charge in [0.05, 0.1) is 5.92 Å². The molecule has 0 heterocycles. The van der Waals surface area contributed by atoms with Gasteiger partial charge in [0.15, 0.2) is 11.5 Å². The molecule has 0 fully saturated rings. The maximum Gasteiger partial charge on any atom is 0.514 e. The Hall–Kier alpha value is -3.34. The number of hydrogen-bond acceptors (Lipinski definition) is 10. The number of benzene rings is 1. The molecule has 0 radical (unpaired) electrons. The zero-order valence-corrected chi connectivity index (χ0v) is 26.0. The van der Waals surface area contributed by atoms with E-state index in [9.17, 15) is 24.3 Å². The highest BCUT2D eigenvalue weighted by Gasteiger charge is 2.38. The maximum absolute atomic E-state index is 12.6. The molecule has 0 aliphatic carbocycles. The Morgan fingerprint density at radius 1 is 0.854 bits per heavy atom. The molecule has 3 N–H and O–H groups in total. The highest BCUT2D eigenvalue weighted by atomic mass is 16.8. The molecule has 11 nitrogen and oxygen atoms in total. The summed E-state index contributed by atoms with van der Waals surface area (Å²) in [6, 6.07) is 4.18. The van der Waals surface area contributed by atoms with E-state index in [0.29, 0.717) is 18.4 Å². The monoisotopic (exact) mass is 581 g/mol. The molecule has 1 aromatic rings. The van der Waals surface area contributed by atoms with E-state index in [0.717, 1.165) is 0 Å². The van der Waals surface area contributed by atoms with Crippen molar-refractivity contribution in [3.8, 4) is 11.5 Å². The van der Waals surface area contributed by atoms with E-state index in [2.05, 4.69) is 0 Å². The van der Waals surface area contributed by atoms with Gasteiger partial charge in [-0.25, -0.2) is 9.59 Å². The van der Waals surface area contributed by atoms with E-state index in [1.807, 2.05) is 27.7 Å². The third kappa shape index (κ3) is 11.6. The van der Waals surface area contributed by atoms with E-state index >= 15 is 0 Å². The summed E-state index contributed by atoms with van der Waals surface area (Å²) in [5.41, 5.74) is 3.21. The Morgan fingerprint density at radius 3 is 1.78 bits per heavy atom. The molecule has 41 heavy (non-hydrogen) atoms. The predicted octanol–water partition coefficient (Wildman–Crippen LogP) is 6.03. The summed E-state index contributed by atoms with van der Waals surface area (Å²) >= 11 is 0. The summed E-state index contributed by atoms with van der Waals surface area (Å²) in [5, 5.41) is 9.99.